The third-order valence-electron chi connectivity index (χ3n) is 2.45. The van der Waals surface area contributed by atoms with Crippen molar-refractivity contribution in [3.63, 3.8) is 0 Å². The summed E-state index contributed by atoms with van der Waals surface area (Å²) in [5.41, 5.74) is 0.866. The first kappa shape index (κ1) is 15.7. The van der Waals surface area contributed by atoms with Gasteiger partial charge in [-0.25, -0.2) is 0 Å². The van der Waals surface area contributed by atoms with E-state index < -0.39 is 6.61 Å². The Kier molecular flexibility index (Phi) is 6.52. The van der Waals surface area contributed by atoms with E-state index >= 15 is 0 Å². The zero-order chi connectivity index (χ0) is 14.3. The quantitative estimate of drug-likeness (QED) is 0.763. The number of alkyl halides is 2. The summed E-state index contributed by atoms with van der Waals surface area (Å²) in [6, 6.07) is 4.75. The molecule has 0 amide bonds. The Labute approximate surface area is 111 Å². The van der Waals surface area contributed by atoms with Gasteiger partial charge >= 0.3 is 6.61 Å². The van der Waals surface area contributed by atoms with Crippen LogP contribution in [0.2, 0.25) is 0 Å². The highest BCUT2D eigenvalue weighted by Gasteiger charge is 2.11. The summed E-state index contributed by atoms with van der Waals surface area (Å²) in [4.78, 5) is 0. The molecule has 0 aliphatic heterocycles. The lowest BCUT2D eigenvalue weighted by molar-refractivity contribution is -0.0514. The van der Waals surface area contributed by atoms with Crippen molar-refractivity contribution in [2.45, 2.75) is 33.0 Å². The summed E-state index contributed by atoms with van der Waals surface area (Å²) < 4.78 is 34.1. The smallest absolute Gasteiger partial charge is 0.387 e. The van der Waals surface area contributed by atoms with E-state index in [1.54, 1.807) is 19.1 Å². The largest absolute Gasteiger partial charge is 0.490 e. The number of benzene rings is 1. The molecule has 0 bridgehead atoms. The summed E-state index contributed by atoms with van der Waals surface area (Å²) in [5.74, 6) is 0.314. The molecule has 0 unspecified atom stereocenters. The predicted octanol–water partition coefficient (Wildman–Crippen LogP) is 2.16. The standard InChI is InChI=1S/C13H19F2NO3/c1-3-18-12-6-10(7-16-9(2)8-17)4-5-11(12)19-13(14)15/h4-6,9,13,16-17H,3,7-8H2,1-2H3/t9-/m1/s1. The van der Waals surface area contributed by atoms with Crippen molar-refractivity contribution in [2.75, 3.05) is 13.2 Å². The van der Waals surface area contributed by atoms with Gasteiger partial charge in [0.15, 0.2) is 11.5 Å². The second-order valence-electron chi connectivity index (χ2n) is 4.06. The van der Waals surface area contributed by atoms with E-state index in [0.29, 0.717) is 18.9 Å². The van der Waals surface area contributed by atoms with Gasteiger partial charge < -0.3 is 19.9 Å². The number of aliphatic hydroxyl groups excluding tert-OH is 1. The number of ether oxygens (including phenoxy) is 2. The molecule has 0 heterocycles. The fourth-order valence-electron chi connectivity index (χ4n) is 1.48. The average Bonchev–Trinajstić information content (AvgIpc) is 2.38. The van der Waals surface area contributed by atoms with Crippen LogP contribution in [-0.4, -0.2) is 31.0 Å². The van der Waals surface area contributed by atoms with Gasteiger partial charge in [-0.2, -0.15) is 8.78 Å². The minimum Gasteiger partial charge on any atom is -0.490 e. The molecule has 0 fully saturated rings. The van der Waals surface area contributed by atoms with Crippen LogP contribution in [0.4, 0.5) is 8.78 Å². The third-order valence-corrected chi connectivity index (χ3v) is 2.45. The first-order chi connectivity index (χ1) is 9.06. The molecule has 1 rings (SSSR count). The van der Waals surface area contributed by atoms with E-state index in [0.717, 1.165) is 5.56 Å². The van der Waals surface area contributed by atoms with Gasteiger partial charge in [0.05, 0.1) is 13.2 Å². The molecule has 0 aliphatic rings. The van der Waals surface area contributed by atoms with Gasteiger partial charge in [0, 0.05) is 12.6 Å². The van der Waals surface area contributed by atoms with E-state index in [9.17, 15) is 8.78 Å². The van der Waals surface area contributed by atoms with E-state index in [4.69, 9.17) is 9.84 Å². The molecule has 108 valence electrons. The fraction of sp³-hybridized carbons (Fsp3) is 0.538. The monoisotopic (exact) mass is 275 g/mol. The summed E-state index contributed by atoms with van der Waals surface area (Å²) in [7, 11) is 0. The molecule has 1 aromatic carbocycles. The van der Waals surface area contributed by atoms with Crippen LogP contribution >= 0.6 is 0 Å². The van der Waals surface area contributed by atoms with E-state index in [1.807, 2.05) is 6.92 Å². The SMILES string of the molecule is CCOc1cc(CN[C@H](C)CO)ccc1OC(F)F. The van der Waals surface area contributed by atoms with Crippen molar-refractivity contribution in [1.29, 1.82) is 0 Å². The van der Waals surface area contributed by atoms with Crippen LogP contribution in [0.3, 0.4) is 0 Å². The van der Waals surface area contributed by atoms with Crippen molar-refractivity contribution in [1.82, 2.24) is 5.32 Å². The Hall–Kier alpha value is -1.40. The fourth-order valence-corrected chi connectivity index (χ4v) is 1.48. The van der Waals surface area contributed by atoms with Crippen LogP contribution in [0, 0.1) is 0 Å². The lowest BCUT2D eigenvalue weighted by atomic mass is 10.2. The van der Waals surface area contributed by atoms with Gasteiger partial charge in [0.2, 0.25) is 0 Å². The van der Waals surface area contributed by atoms with Crippen LogP contribution in [-0.2, 0) is 6.54 Å². The maximum atomic E-state index is 12.2. The van der Waals surface area contributed by atoms with Crippen molar-refractivity contribution >= 4 is 0 Å². The summed E-state index contributed by atoms with van der Waals surface area (Å²) in [6.07, 6.45) is 0. The topological polar surface area (TPSA) is 50.7 Å². The average molecular weight is 275 g/mol. The molecule has 0 saturated carbocycles. The predicted molar refractivity (Wildman–Crippen MR) is 67.6 cm³/mol. The second-order valence-corrected chi connectivity index (χ2v) is 4.06. The summed E-state index contributed by atoms with van der Waals surface area (Å²) in [5, 5.41) is 12.0. The maximum Gasteiger partial charge on any atom is 0.387 e. The Morgan fingerprint density at radius 2 is 2.05 bits per heavy atom. The molecule has 19 heavy (non-hydrogen) atoms. The normalized spacial score (nSPS) is 12.5. The number of aliphatic hydroxyl groups is 1. The van der Waals surface area contributed by atoms with Crippen LogP contribution in [0.5, 0.6) is 11.5 Å². The number of halogens is 2. The van der Waals surface area contributed by atoms with Crippen molar-refractivity contribution < 1.29 is 23.4 Å². The number of nitrogens with one attached hydrogen (secondary N) is 1. The number of hydrogen-bond donors (Lipinski definition) is 2. The zero-order valence-electron chi connectivity index (χ0n) is 11.0. The van der Waals surface area contributed by atoms with Gasteiger partial charge in [-0.05, 0) is 31.5 Å². The minimum absolute atomic E-state index is 0.0239. The molecule has 2 N–H and O–H groups in total. The van der Waals surface area contributed by atoms with E-state index in [1.165, 1.54) is 6.07 Å². The molecule has 0 saturated heterocycles. The molecule has 1 atom stereocenters. The van der Waals surface area contributed by atoms with Crippen LogP contribution in [0.1, 0.15) is 19.4 Å². The highest BCUT2D eigenvalue weighted by molar-refractivity contribution is 5.43. The lowest BCUT2D eigenvalue weighted by Gasteiger charge is -2.14. The second kappa shape index (κ2) is 7.91. The van der Waals surface area contributed by atoms with Crippen LogP contribution < -0.4 is 14.8 Å². The number of hydrogen-bond acceptors (Lipinski definition) is 4. The van der Waals surface area contributed by atoms with Gasteiger partial charge in [0.1, 0.15) is 0 Å². The highest BCUT2D eigenvalue weighted by atomic mass is 19.3. The molecule has 4 nitrogen and oxygen atoms in total. The molecule has 6 heteroatoms. The van der Waals surface area contributed by atoms with Crippen molar-refractivity contribution in [3.05, 3.63) is 23.8 Å². The van der Waals surface area contributed by atoms with Gasteiger partial charge in [-0.1, -0.05) is 6.07 Å². The third kappa shape index (κ3) is 5.40. The van der Waals surface area contributed by atoms with Gasteiger partial charge in [-0.3, -0.25) is 0 Å². The first-order valence-electron chi connectivity index (χ1n) is 6.11. The van der Waals surface area contributed by atoms with E-state index in [-0.39, 0.29) is 18.4 Å². The highest BCUT2D eigenvalue weighted by Crippen LogP contribution is 2.29. The van der Waals surface area contributed by atoms with Crippen molar-refractivity contribution in [2.24, 2.45) is 0 Å². The maximum absolute atomic E-state index is 12.2. The van der Waals surface area contributed by atoms with Gasteiger partial charge in [0.25, 0.3) is 0 Å². The Morgan fingerprint density at radius 1 is 1.32 bits per heavy atom. The molecule has 0 aromatic heterocycles. The van der Waals surface area contributed by atoms with Gasteiger partial charge in [-0.15, -0.1) is 0 Å². The molecular formula is C13H19F2NO3. The summed E-state index contributed by atoms with van der Waals surface area (Å²) in [6.45, 7) is 1.64. The first-order valence-corrected chi connectivity index (χ1v) is 6.11. The Bertz CT molecular complexity index is 388. The Morgan fingerprint density at radius 3 is 2.63 bits per heavy atom. The molecule has 0 radical (unpaired) electrons. The lowest BCUT2D eigenvalue weighted by Crippen LogP contribution is -2.28. The van der Waals surface area contributed by atoms with Crippen molar-refractivity contribution in [3.8, 4) is 11.5 Å². The molecule has 1 aromatic rings. The van der Waals surface area contributed by atoms with Crippen LogP contribution in [0.25, 0.3) is 0 Å². The molecular weight excluding hydrogens is 256 g/mol. The van der Waals surface area contributed by atoms with E-state index in [2.05, 4.69) is 10.1 Å². The van der Waals surface area contributed by atoms with Crippen LogP contribution in [0.15, 0.2) is 18.2 Å². The molecule has 0 aliphatic carbocycles. The minimum atomic E-state index is -2.88. The summed E-state index contributed by atoms with van der Waals surface area (Å²) >= 11 is 0. The zero-order valence-corrected chi connectivity index (χ0v) is 11.0. The number of rotatable bonds is 8. The molecule has 0 spiro atoms. The Balaban J connectivity index is 2.77.